The summed E-state index contributed by atoms with van der Waals surface area (Å²) in [5.41, 5.74) is 0. The first-order valence-electron chi connectivity index (χ1n) is 4.52. The van der Waals surface area contributed by atoms with Crippen LogP contribution in [0.5, 0.6) is 0 Å². The second kappa shape index (κ2) is 5.68. The molecule has 0 amide bonds. The highest BCUT2D eigenvalue weighted by Crippen LogP contribution is 2.22. The van der Waals surface area contributed by atoms with Gasteiger partial charge in [0, 0.05) is 22.1 Å². The van der Waals surface area contributed by atoms with E-state index in [1.165, 1.54) is 21.3 Å². The molecule has 0 fully saturated rings. The Morgan fingerprint density at radius 3 is 2.62 bits per heavy atom. The van der Waals surface area contributed by atoms with E-state index in [9.17, 15) is 0 Å². The maximum atomic E-state index is 2.26. The lowest BCUT2D eigenvalue weighted by Crippen LogP contribution is -2.09. The van der Waals surface area contributed by atoms with Crippen LogP contribution in [0.4, 0.5) is 0 Å². The van der Waals surface area contributed by atoms with Crippen molar-refractivity contribution in [3.63, 3.8) is 0 Å². The quantitative estimate of drug-likeness (QED) is 0.742. The summed E-state index contributed by atoms with van der Waals surface area (Å²) in [6.45, 7) is 3.28. The Bertz CT molecular complexity index is 243. The molecular formula is C10H17NS2. The van der Waals surface area contributed by atoms with Gasteiger partial charge in [-0.25, -0.2) is 0 Å². The standard InChI is InChI=1S/C10H17NS2/c1-4-12-8-10-6-5-9(13-10)7-11(2)3/h5-6H,4,7-8H2,1-3H3. The minimum absolute atomic E-state index is 1.07. The molecule has 1 heterocycles. The molecule has 1 aromatic heterocycles. The van der Waals surface area contributed by atoms with Crippen molar-refractivity contribution in [3.8, 4) is 0 Å². The molecule has 0 bridgehead atoms. The Labute approximate surface area is 89.1 Å². The molecule has 0 saturated carbocycles. The maximum Gasteiger partial charge on any atom is 0.0321 e. The van der Waals surface area contributed by atoms with E-state index in [0.29, 0.717) is 0 Å². The Morgan fingerprint density at radius 1 is 1.31 bits per heavy atom. The van der Waals surface area contributed by atoms with Crippen molar-refractivity contribution in [2.45, 2.75) is 19.2 Å². The Kier molecular flexibility index (Phi) is 4.84. The topological polar surface area (TPSA) is 3.24 Å². The first kappa shape index (κ1) is 11.1. The fourth-order valence-corrected chi connectivity index (χ4v) is 3.02. The lowest BCUT2D eigenvalue weighted by atomic mass is 10.4. The zero-order chi connectivity index (χ0) is 9.68. The van der Waals surface area contributed by atoms with Crippen LogP contribution in [0.1, 0.15) is 16.7 Å². The van der Waals surface area contributed by atoms with Crippen molar-refractivity contribution in [1.29, 1.82) is 0 Å². The molecule has 0 spiro atoms. The van der Waals surface area contributed by atoms with Crippen LogP contribution >= 0.6 is 23.1 Å². The molecule has 0 radical (unpaired) electrons. The van der Waals surface area contributed by atoms with Crippen molar-refractivity contribution in [1.82, 2.24) is 4.90 Å². The van der Waals surface area contributed by atoms with Gasteiger partial charge in [0.15, 0.2) is 0 Å². The van der Waals surface area contributed by atoms with Gasteiger partial charge in [-0.3, -0.25) is 0 Å². The largest absolute Gasteiger partial charge is 0.304 e. The summed E-state index contributed by atoms with van der Waals surface area (Å²) in [6.07, 6.45) is 0. The van der Waals surface area contributed by atoms with Gasteiger partial charge >= 0.3 is 0 Å². The van der Waals surface area contributed by atoms with Crippen molar-refractivity contribution in [2.75, 3.05) is 19.8 Å². The number of thioether (sulfide) groups is 1. The van der Waals surface area contributed by atoms with Crippen LogP contribution in [0.15, 0.2) is 12.1 Å². The summed E-state index contributed by atoms with van der Waals surface area (Å²) in [7, 11) is 4.22. The number of nitrogens with zero attached hydrogens (tertiary/aromatic N) is 1. The third-order valence-electron chi connectivity index (χ3n) is 1.64. The first-order valence-corrected chi connectivity index (χ1v) is 6.49. The van der Waals surface area contributed by atoms with Gasteiger partial charge in [-0.1, -0.05) is 6.92 Å². The molecule has 0 atom stereocenters. The lowest BCUT2D eigenvalue weighted by Gasteiger charge is -2.05. The normalized spacial score (nSPS) is 11.1. The molecule has 0 aliphatic rings. The zero-order valence-corrected chi connectivity index (χ0v) is 10.2. The molecule has 1 aromatic rings. The molecule has 0 aliphatic heterocycles. The summed E-state index contributed by atoms with van der Waals surface area (Å²) in [5.74, 6) is 2.38. The van der Waals surface area contributed by atoms with Crippen LogP contribution in [0, 0.1) is 0 Å². The molecule has 74 valence electrons. The van der Waals surface area contributed by atoms with Crippen LogP contribution in [0.2, 0.25) is 0 Å². The van der Waals surface area contributed by atoms with Crippen molar-refractivity contribution in [2.24, 2.45) is 0 Å². The highest BCUT2D eigenvalue weighted by molar-refractivity contribution is 7.98. The summed E-state index contributed by atoms with van der Waals surface area (Å²) < 4.78 is 0. The summed E-state index contributed by atoms with van der Waals surface area (Å²) in [6, 6.07) is 4.50. The Balaban J connectivity index is 2.44. The van der Waals surface area contributed by atoms with Gasteiger partial charge in [-0.15, -0.1) is 11.3 Å². The van der Waals surface area contributed by atoms with E-state index < -0.39 is 0 Å². The highest BCUT2D eigenvalue weighted by atomic mass is 32.2. The number of hydrogen-bond donors (Lipinski definition) is 0. The minimum Gasteiger partial charge on any atom is -0.304 e. The lowest BCUT2D eigenvalue weighted by molar-refractivity contribution is 0.406. The van der Waals surface area contributed by atoms with Crippen LogP contribution in [0.3, 0.4) is 0 Å². The molecule has 1 rings (SSSR count). The smallest absolute Gasteiger partial charge is 0.0321 e. The highest BCUT2D eigenvalue weighted by Gasteiger charge is 2.00. The zero-order valence-electron chi connectivity index (χ0n) is 8.54. The Hall–Kier alpha value is 0.01000. The predicted molar refractivity (Wildman–Crippen MR) is 63.5 cm³/mol. The summed E-state index contributed by atoms with van der Waals surface area (Å²) >= 11 is 3.93. The van der Waals surface area contributed by atoms with E-state index in [0.717, 1.165) is 6.54 Å². The molecule has 1 nitrogen and oxygen atoms in total. The van der Waals surface area contributed by atoms with Gasteiger partial charge < -0.3 is 4.90 Å². The summed E-state index contributed by atoms with van der Waals surface area (Å²) in [4.78, 5) is 5.18. The van der Waals surface area contributed by atoms with Gasteiger partial charge in [-0.2, -0.15) is 11.8 Å². The monoisotopic (exact) mass is 215 g/mol. The minimum atomic E-state index is 1.07. The molecule has 0 aromatic carbocycles. The average Bonchev–Trinajstić information content (AvgIpc) is 2.48. The predicted octanol–water partition coefficient (Wildman–Crippen LogP) is 3.06. The van der Waals surface area contributed by atoms with Gasteiger partial charge in [0.1, 0.15) is 0 Å². The van der Waals surface area contributed by atoms with E-state index in [1.807, 2.05) is 23.1 Å². The van der Waals surface area contributed by atoms with Crippen LogP contribution in [-0.2, 0) is 12.3 Å². The third-order valence-corrected chi connectivity index (χ3v) is 3.81. The number of hydrogen-bond acceptors (Lipinski definition) is 3. The Morgan fingerprint density at radius 2 is 2.00 bits per heavy atom. The second-order valence-electron chi connectivity index (χ2n) is 3.24. The molecule has 0 aliphatic carbocycles. The van der Waals surface area contributed by atoms with E-state index in [2.05, 4.69) is 38.1 Å². The summed E-state index contributed by atoms with van der Waals surface area (Å²) in [5, 5.41) is 0. The third kappa shape index (κ3) is 4.16. The average molecular weight is 215 g/mol. The van der Waals surface area contributed by atoms with Gasteiger partial charge in [-0.05, 0) is 32.0 Å². The van der Waals surface area contributed by atoms with Gasteiger partial charge in [0.2, 0.25) is 0 Å². The van der Waals surface area contributed by atoms with E-state index in [4.69, 9.17) is 0 Å². The number of thiophene rings is 1. The van der Waals surface area contributed by atoms with Crippen LogP contribution in [0.25, 0.3) is 0 Å². The molecule has 0 N–H and O–H groups in total. The van der Waals surface area contributed by atoms with Crippen LogP contribution in [-0.4, -0.2) is 24.7 Å². The fourth-order valence-electron chi connectivity index (χ4n) is 1.10. The SMILES string of the molecule is CCSCc1ccc(CN(C)C)s1. The van der Waals surface area contributed by atoms with Crippen molar-refractivity contribution >= 4 is 23.1 Å². The number of rotatable bonds is 5. The van der Waals surface area contributed by atoms with Crippen molar-refractivity contribution in [3.05, 3.63) is 21.9 Å². The van der Waals surface area contributed by atoms with E-state index in [1.54, 1.807) is 0 Å². The second-order valence-corrected chi connectivity index (χ2v) is 5.77. The van der Waals surface area contributed by atoms with Crippen molar-refractivity contribution < 1.29 is 0 Å². The molecule has 0 unspecified atom stereocenters. The van der Waals surface area contributed by atoms with Gasteiger partial charge in [0.05, 0.1) is 0 Å². The fraction of sp³-hybridized carbons (Fsp3) is 0.600. The molecular weight excluding hydrogens is 198 g/mol. The van der Waals surface area contributed by atoms with Gasteiger partial charge in [0.25, 0.3) is 0 Å². The van der Waals surface area contributed by atoms with E-state index in [-0.39, 0.29) is 0 Å². The maximum absolute atomic E-state index is 2.26. The molecule has 0 saturated heterocycles. The van der Waals surface area contributed by atoms with Crippen LogP contribution < -0.4 is 0 Å². The molecule has 3 heteroatoms. The molecule has 13 heavy (non-hydrogen) atoms. The van der Waals surface area contributed by atoms with E-state index >= 15 is 0 Å². The first-order chi connectivity index (χ1) is 6.22.